The summed E-state index contributed by atoms with van der Waals surface area (Å²) in [5.41, 5.74) is 9.06. The molecule has 0 bridgehead atoms. The van der Waals surface area contributed by atoms with Gasteiger partial charge in [-0.1, -0.05) is 119 Å². The molecule has 0 atom stereocenters. The summed E-state index contributed by atoms with van der Waals surface area (Å²) in [6.07, 6.45) is 3.76. The van der Waals surface area contributed by atoms with Crippen LogP contribution >= 0.6 is 0 Å². The Kier molecular flexibility index (Phi) is 10.1. The third-order valence-corrected chi connectivity index (χ3v) is 10.4. The molecule has 0 saturated carbocycles. The van der Waals surface area contributed by atoms with E-state index >= 15 is 0 Å². The third kappa shape index (κ3) is 7.76. The van der Waals surface area contributed by atoms with Crippen molar-refractivity contribution in [2.24, 2.45) is 0 Å². The molecule has 5 heteroatoms. The van der Waals surface area contributed by atoms with Gasteiger partial charge in [0.15, 0.2) is 0 Å². The van der Waals surface area contributed by atoms with Crippen molar-refractivity contribution in [3.8, 4) is 33.6 Å². The van der Waals surface area contributed by atoms with Crippen LogP contribution in [0.15, 0.2) is 120 Å². The monoisotopic (exact) mass is 825 g/mol. The molecule has 0 aliphatic heterocycles. The van der Waals surface area contributed by atoms with Gasteiger partial charge in [-0.05, 0) is 62.6 Å². The Balaban J connectivity index is 0.000000241. The van der Waals surface area contributed by atoms with Crippen LogP contribution in [0, 0.1) is 12.1 Å². The van der Waals surface area contributed by atoms with E-state index in [2.05, 4.69) is 78.1 Å². The van der Waals surface area contributed by atoms with Gasteiger partial charge in [0.05, 0.1) is 13.7 Å². The molecule has 7 rings (SSSR count). The summed E-state index contributed by atoms with van der Waals surface area (Å²) in [6, 6.07) is 41.0. The molecule has 0 amide bonds. The molecule has 0 fully saturated rings. The topological polar surface area (TPSA) is 38.9 Å². The van der Waals surface area contributed by atoms with Crippen molar-refractivity contribution >= 4 is 35.2 Å². The van der Waals surface area contributed by atoms with Crippen molar-refractivity contribution in [2.75, 3.05) is 0 Å². The molecule has 0 aliphatic carbocycles. The molecule has 1 radical (unpaired) electrons. The standard InChI is InChI=1S/C29H26NO.C14H16NSi.Ir/c1-18(2)21-12-13-30-27(16-21)22-10-11-24-26-15-23(20-8-6-5-7-9-20)14-25(19(3)4)29(26)31-28(24)17-22;1-16(2,3)13-9-10-14(15-11-13)12-7-5-4-6-8-12;/h5-9,11-19H,1-4H3;4-7,9-11H,1-3H3;/q2*-1;/i18D,19D;;. The van der Waals surface area contributed by atoms with E-state index in [-0.39, 0.29) is 20.1 Å². The van der Waals surface area contributed by atoms with Crippen LogP contribution in [0.25, 0.3) is 55.6 Å². The molecule has 3 heterocycles. The van der Waals surface area contributed by atoms with Crippen LogP contribution in [-0.2, 0) is 20.1 Å². The molecule has 4 aromatic carbocycles. The normalized spacial score (nSPS) is 12.5. The van der Waals surface area contributed by atoms with Gasteiger partial charge in [-0.25, -0.2) is 0 Å². The number of rotatable bonds is 6. The minimum Gasteiger partial charge on any atom is -0.476 e. The first-order valence-electron chi connectivity index (χ1n) is 17.1. The van der Waals surface area contributed by atoms with Crippen LogP contribution in [0.5, 0.6) is 0 Å². The Morgan fingerprint density at radius 2 is 1.48 bits per heavy atom. The Bertz CT molecular complexity index is 2220. The van der Waals surface area contributed by atoms with Gasteiger partial charge in [0.1, 0.15) is 5.58 Å². The fourth-order valence-corrected chi connectivity index (χ4v) is 6.61. The summed E-state index contributed by atoms with van der Waals surface area (Å²) in [5.74, 6) is -1.53. The second-order valence-electron chi connectivity index (χ2n) is 13.4. The average Bonchev–Trinajstić information content (AvgIpc) is 3.45. The van der Waals surface area contributed by atoms with E-state index in [0.29, 0.717) is 0 Å². The molecule has 7 aromatic rings. The molecular weight excluding hydrogens is 781 g/mol. The average molecular weight is 825 g/mol. The summed E-state index contributed by atoms with van der Waals surface area (Å²) in [4.78, 5) is 9.03. The predicted octanol–water partition coefficient (Wildman–Crippen LogP) is 11.5. The zero-order chi connectivity index (χ0) is 35.0. The Morgan fingerprint density at radius 1 is 0.708 bits per heavy atom. The maximum atomic E-state index is 8.75. The first-order valence-corrected chi connectivity index (χ1v) is 19.6. The third-order valence-electron chi connectivity index (χ3n) is 8.38. The van der Waals surface area contributed by atoms with E-state index < -0.39 is 19.9 Å². The van der Waals surface area contributed by atoms with Gasteiger partial charge >= 0.3 is 0 Å². The van der Waals surface area contributed by atoms with E-state index in [9.17, 15) is 0 Å². The van der Waals surface area contributed by atoms with Gasteiger partial charge in [0, 0.05) is 35.2 Å². The van der Waals surface area contributed by atoms with Gasteiger partial charge in [0.25, 0.3) is 0 Å². The second kappa shape index (κ2) is 14.9. The van der Waals surface area contributed by atoms with Crippen LogP contribution in [-0.4, -0.2) is 18.0 Å². The van der Waals surface area contributed by atoms with E-state index in [4.69, 9.17) is 7.16 Å². The van der Waals surface area contributed by atoms with Crippen molar-refractivity contribution in [1.29, 1.82) is 0 Å². The number of hydrogen-bond donors (Lipinski definition) is 0. The smallest absolute Gasteiger partial charge is 0.127 e. The van der Waals surface area contributed by atoms with Crippen molar-refractivity contribution in [2.45, 2.75) is 59.1 Å². The zero-order valence-corrected chi connectivity index (χ0v) is 32.0. The fourth-order valence-electron chi connectivity index (χ4n) is 5.57. The Hall–Kier alpha value is -4.15. The molecular formula is C43H42IrN2OSi-2. The summed E-state index contributed by atoms with van der Waals surface area (Å²) in [7, 11) is -1.23. The fraction of sp³-hybridized carbons (Fsp3) is 0.209. The Labute approximate surface area is 302 Å². The number of benzene rings is 4. The van der Waals surface area contributed by atoms with Crippen LogP contribution in [0.1, 0.15) is 53.4 Å². The SMILES string of the molecule is C[Si](C)(C)c1ccc(-c2[c-]cccc2)nc1.[2H]C(C)(C)c1ccnc(-c2[c-]cc3c(c2)oc2c(C([2H])(C)C)cc(-c4ccccc4)cc23)c1.[Ir]. The van der Waals surface area contributed by atoms with Crippen LogP contribution in [0.4, 0.5) is 0 Å². The first kappa shape index (κ1) is 32.4. The molecule has 3 aromatic heterocycles. The molecule has 0 N–H and O–H groups in total. The van der Waals surface area contributed by atoms with Crippen molar-refractivity contribution in [3.05, 3.63) is 139 Å². The van der Waals surface area contributed by atoms with Gasteiger partial charge in [-0.15, -0.1) is 53.6 Å². The van der Waals surface area contributed by atoms with E-state index in [1.807, 2.05) is 101 Å². The summed E-state index contributed by atoms with van der Waals surface area (Å²) >= 11 is 0. The summed E-state index contributed by atoms with van der Waals surface area (Å²) in [6.45, 7) is 14.5. The minimum atomic E-state index is -1.23. The number of hydrogen-bond acceptors (Lipinski definition) is 3. The molecule has 245 valence electrons. The zero-order valence-electron chi connectivity index (χ0n) is 30.6. The van der Waals surface area contributed by atoms with Crippen molar-refractivity contribution < 1.29 is 27.3 Å². The molecule has 48 heavy (non-hydrogen) atoms. The quantitative estimate of drug-likeness (QED) is 0.124. The van der Waals surface area contributed by atoms with Crippen LogP contribution in [0.2, 0.25) is 19.6 Å². The summed E-state index contributed by atoms with van der Waals surface area (Å²) < 4.78 is 23.4. The number of furan rings is 1. The molecule has 0 unspecified atom stereocenters. The van der Waals surface area contributed by atoms with E-state index in [1.165, 1.54) is 5.19 Å². The second-order valence-corrected chi connectivity index (χ2v) is 18.5. The largest absolute Gasteiger partial charge is 0.476 e. The predicted molar refractivity (Wildman–Crippen MR) is 201 cm³/mol. The maximum absolute atomic E-state index is 8.75. The Morgan fingerprint density at radius 3 is 2.12 bits per heavy atom. The molecule has 3 nitrogen and oxygen atoms in total. The molecule has 0 saturated heterocycles. The number of aromatic nitrogens is 2. The van der Waals surface area contributed by atoms with Crippen LogP contribution < -0.4 is 5.19 Å². The van der Waals surface area contributed by atoms with E-state index in [1.54, 1.807) is 6.20 Å². The number of pyridine rings is 2. The maximum Gasteiger partial charge on any atom is 0.127 e. The van der Waals surface area contributed by atoms with Gasteiger partial charge < -0.3 is 14.4 Å². The number of fused-ring (bicyclic) bond motifs is 3. The van der Waals surface area contributed by atoms with Crippen LogP contribution in [0.3, 0.4) is 0 Å². The van der Waals surface area contributed by atoms with Gasteiger partial charge in [-0.2, -0.15) is 0 Å². The van der Waals surface area contributed by atoms with E-state index in [0.717, 1.165) is 66.7 Å². The van der Waals surface area contributed by atoms with Crippen molar-refractivity contribution in [1.82, 2.24) is 9.97 Å². The van der Waals surface area contributed by atoms with Crippen molar-refractivity contribution in [3.63, 3.8) is 0 Å². The first-order chi connectivity index (χ1) is 23.2. The van der Waals surface area contributed by atoms with Gasteiger partial charge in [0.2, 0.25) is 0 Å². The molecule has 0 aliphatic rings. The molecule has 0 spiro atoms. The number of nitrogens with zero attached hydrogens (tertiary/aromatic N) is 2. The summed E-state index contributed by atoms with van der Waals surface area (Å²) in [5, 5.41) is 3.35. The minimum absolute atomic E-state index is 0. The van der Waals surface area contributed by atoms with Gasteiger partial charge in [-0.3, -0.25) is 0 Å².